The summed E-state index contributed by atoms with van der Waals surface area (Å²) in [5.74, 6) is -0.552. The molecule has 4 rings (SSSR count). The number of hydrogen-bond acceptors (Lipinski definition) is 5. The second-order valence-corrected chi connectivity index (χ2v) is 7.29. The third kappa shape index (κ3) is 4.46. The van der Waals surface area contributed by atoms with Gasteiger partial charge in [-0.25, -0.2) is 0 Å². The Morgan fingerprint density at radius 3 is 2.83 bits per heavy atom. The number of halogens is 2. The third-order valence-corrected chi connectivity index (χ3v) is 5.25. The monoisotopic (exact) mass is 412 g/mol. The van der Waals surface area contributed by atoms with Crippen LogP contribution in [0.4, 0.5) is 8.78 Å². The normalized spacial score (nSPS) is 14.2. The van der Waals surface area contributed by atoms with Crippen LogP contribution in [0.5, 0.6) is 11.5 Å². The van der Waals surface area contributed by atoms with Crippen molar-refractivity contribution in [1.82, 2.24) is 5.32 Å². The van der Waals surface area contributed by atoms with Gasteiger partial charge in [-0.2, -0.15) is 20.1 Å². The van der Waals surface area contributed by atoms with Crippen LogP contribution in [0, 0.1) is 0 Å². The number of rotatable bonds is 6. The largest absolute Gasteiger partial charge is 0.504 e. The maximum Gasteiger partial charge on any atom is 0.387 e. The van der Waals surface area contributed by atoms with Crippen molar-refractivity contribution in [2.75, 3.05) is 6.54 Å². The summed E-state index contributed by atoms with van der Waals surface area (Å²) in [5.41, 5.74) is 6.34. The number of hydrogen-bond donors (Lipinski definition) is 2. The first-order valence-corrected chi connectivity index (χ1v) is 9.90. The van der Waals surface area contributed by atoms with Crippen molar-refractivity contribution in [2.24, 2.45) is 4.99 Å². The van der Waals surface area contributed by atoms with Crippen molar-refractivity contribution in [3.05, 3.63) is 76.1 Å². The summed E-state index contributed by atoms with van der Waals surface area (Å²) in [6.07, 6.45) is 3.79. The Balaban J connectivity index is 1.49. The molecule has 3 aromatic rings. The van der Waals surface area contributed by atoms with Gasteiger partial charge in [-0.05, 0) is 68.4 Å². The molecule has 1 aliphatic heterocycles. The highest BCUT2D eigenvalue weighted by Gasteiger charge is 2.13. The van der Waals surface area contributed by atoms with E-state index in [2.05, 4.69) is 50.1 Å². The molecule has 0 spiro atoms. The Kier molecular flexibility index (Phi) is 5.57. The van der Waals surface area contributed by atoms with Gasteiger partial charge in [0.15, 0.2) is 11.5 Å². The topological polar surface area (TPSA) is 53.8 Å². The minimum absolute atomic E-state index is 0.237. The number of fused-ring (bicyclic) bond motifs is 1. The fraction of sp³-hybridized carbons (Fsp3) is 0.136. The number of phenols is 1. The van der Waals surface area contributed by atoms with E-state index < -0.39 is 6.61 Å². The molecule has 0 saturated carbocycles. The molecular formula is C22H18F2N2O2S. The predicted molar refractivity (Wildman–Crippen MR) is 112 cm³/mol. The summed E-state index contributed by atoms with van der Waals surface area (Å²) in [4.78, 5) is 4.41. The molecule has 2 N–H and O–H groups in total. The minimum Gasteiger partial charge on any atom is -0.504 e. The molecule has 0 bridgehead atoms. The van der Waals surface area contributed by atoms with Crippen molar-refractivity contribution >= 4 is 23.1 Å². The van der Waals surface area contributed by atoms with Gasteiger partial charge < -0.3 is 15.2 Å². The van der Waals surface area contributed by atoms with Crippen LogP contribution >= 0.6 is 11.3 Å². The van der Waals surface area contributed by atoms with Crippen LogP contribution in [-0.2, 0) is 6.54 Å². The van der Waals surface area contributed by atoms with Crippen LogP contribution in [0.25, 0.3) is 16.7 Å². The summed E-state index contributed by atoms with van der Waals surface area (Å²) in [7, 11) is 0. The lowest BCUT2D eigenvalue weighted by molar-refractivity contribution is -0.0512. The fourth-order valence-electron chi connectivity index (χ4n) is 3.17. The van der Waals surface area contributed by atoms with E-state index in [9.17, 15) is 13.9 Å². The highest BCUT2D eigenvalue weighted by molar-refractivity contribution is 7.08. The van der Waals surface area contributed by atoms with E-state index in [-0.39, 0.29) is 11.5 Å². The summed E-state index contributed by atoms with van der Waals surface area (Å²) in [6.45, 7) is -1.98. The van der Waals surface area contributed by atoms with E-state index >= 15 is 0 Å². The highest BCUT2D eigenvalue weighted by atomic mass is 32.1. The Morgan fingerprint density at radius 1 is 1.17 bits per heavy atom. The van der Waals surface area contributed by atoms with Gasteiger partial charge in [0.1, 0.15) is 0 Å². The molecule has 2 heterocycles. The number of aromatic hydroxyl groups is 1. The van der Waals surface area contributed by atoms with Gasteiger partial charge in [-0.1, -0.05) is 18.2 Å². The zero-order chi connectivity index (χ0) is 20.2. The van der Waals surface area contributed by atoms with Crippen molar-refractivity contribution < 1.29 is 18.6 Å². The van der Waals surface area contributed by atoms with Gasteiger partial charge in [0.25, 0.3) is 0 Å². The van der Waals surface area contributed by atoms with Crippen LogP contribution in [0.2, 0.25) is 0 Å². The fourth-order valence-corrected chi connectivity index (χ4v) is 3.83. The van der Waals surface area contributed by atoms with Gasteiger partial charge in [0.05, 0.1) is 6.54 Å². The van der Waals surface area contributed by atoms with Crippen molar-refractivity contribution in [1.29, 1.82) is 0 Å². The van der Waals surface area contributed by atoms with E-state index in [1.54, 1.807) is 17.4 Å². The van der Waals surface area contributed by atoms with Gasteiger partial charge in [-0.15, -0.1) is 0 Å². The van der Waals surface area contributed by atoms with Gasteiger partial charge in [-0.3, -0.25) is 4.99 Å². The molecule has 4 nitrogen and oxygen atoms in total. The molecule has 0 unspecified atom stereocenters. The summed E-state index contributed by atoms with van der Waals surface area (Å²) >= 11 is 1.67. The maximum atomic E-state index is 12.3. The highest BCUT2D eigenvalue weighted by Crippen LogP contribution is 2.30. The summed E-state index contributed by atoms with van der Waals surface area (Å²) in [6, 6.07) is 12.8. The molecular weight excluding hydrogens is 394 g/mol. The molecule has 0 amide bonds. The Labute approximate surface area is 170 Å². The average molecular weight is 412 g/mol. The molecule has 0 saturated heterocycles. The molecule has 0 aliphatic carbocycles. The number of ether oxygens (including phenoxy) is 1. The van der Waals surface area contributed by atoms with Crippen molar-refractivity contribution in [3.63, 3.8) is 0 Å². The third-order valence-electron chi connectivity index (χ3n) is 4.57. The number of thiophene rings is 1. The van der Waals surface area contributed by atoms with Crippen molar-refractivity contribution in [2.45, 2.75) is 13.2 Å². The number of benzene rings is 2. The Bertz CT molecular complexity index is 1060. The maximum absolute atomic E-state index is 12.3. The van der Waals surface area contributed by atoms with Gasteiger partial charge >= 0.3 is 6.61 Å². The second-order valence-electron chi connectivity index (χ2n) is 6.51. The molecule has 1 aliphatic rings. The van der Waals surface area contributed by atoms with Crippen LogP contribution in [0.15, 0.2) is 64.4 Å². The van der Waals surface area contributed by atoms with Gasteiger partial charge in [0, 0.05) is 19.0 Å². The average Bonchev–Trinajstić information content (AvgIpc) is 3.24. The molecule has 1 aromatic heterocycles. The predicted octanol–water partition coefficient (Wildman–Crippen LogP) is 5.29. The van der Waals surface area contributed by atoms with E-state index in [0.717, 1.165) is 27.8 Å². The van der Waals surface area contributed by atoms with E-state index in [1.165, 1.54) is 17.7 Å². The van der Waals surface area contributed by atoms with E-state index in [4.69, 9.17) is 0 Å². The summed E-state index contributed by atoms with van der Waals surface area (Å²) in [5, 5.41) is 17.2. The minimum atomic E-state index is -2.97. The first-order valence-electron chi connectivity index (χ1n) is 8.96. The van der Waals surface area contributed by atoms with Crippen molar-refractivity contribution in [3.8, 4) is 22.6 Å². The van der Waals surface area contributed by atoms with E-state index in [0.29, 0.717) is 13.1 Å². The lowest BCUT2D eigenvalue weighted by atomic mass is 9.94. The zero-order valence-corrected chi connectivity index (χ0v) is 16.1. The van der Waals surface area contributed by atoms with Crippen LogP contribution in [0.1, 0.15) is 16.7 Å². The van der Waals surface area contributed by atoms with Crippen LogP contribution in [0.3, 0.4) is 0 Å². The van der Waals surface area contributed by atoms with Crippen LogP contribution < -0.4 is 10.1 Å². The Morgan fingerprint density at radius 2 is 2.07 bits per heavy atom. The second kappa shape index (κ2) is 8.45. The smallest absolute Gasteiger partial charge is 0.387 e. The molecule has 2 aromatic carbocycles. The lowest BCUT2D eigenvalue weighted by Crippen LogP contribution is -2.10. The first kappa shape index (κ1) is 19.1. The lowest BCUT2D eigenvalue weighted by Gasteiger charge is -2.16. The Hall–Kier alpha value is -3.19. The van der Waals surface area contributed by atoms with E-state index in [1.807, 2.05) is 12.4 Å². The molecule has 0 fully saturated rings. The molecule has 0 radical (unpaired) electrons. The van der Waals surface area contributed by atoms with Crippen LogP contribution in [-0.4, -0.2) is 24.5 Å². The number of nitrogens with zero attached hydrogens (tertiary/aromatic N) is 1. The quantitative estimate of drug-likeness (QED) is 0.579. The molecule has 0 atom stereocenters. The van der Waals surface area contributed by atoms with Gasteiger partial charge in [0.2, 0.25) is 0 Å². The zero-order valence-electron chi connectivity index (χ0n) is 15.3. The number of aliphatic imine (C=N–C) groups is 1. The standard InChI is InChI=1S/C22H18F2N2O2S/c23-22(24)28-21-4-1-14(7-20(21)27)9-25-11-18-12-26-10-16-3-2-15(8-19(16)18)17-5-6-29-13-17/h1-8,10-11,13,22,25,27H,9,12H2/b18-11+. The number of alkyl halides is 2. The summed E-state index contributed by atoms with van der Waals surface area (Å²) < 4.78 is 28.8. The molecule has 29 heavy (non-hydrogen) atoms. The SMILES string of the molecule is Oc1cc(CN/C=C2\CN=Cc3ccc(-c4ccsc4)cc32)ccc1OC(F)F. The first-order chi connectivity index (χ1) is 14.1. The molecule has 7 heteroatoms. The number of phenolic OH excluding ortho intramolecular Hbond substituents is 1. The number of nitrogens with one attached hydrogen (secondary N) is 1. The molecule has 148 valence electrons.